The molecule has 2 aromatic rings. The first-order valence-electron chi connectivity index (χ1n) is 6.99. The van der Waals surface area contributed by atoms with Gasteiger partial charge in [-0.15, -0.1) is 0 Å². The van der Waals surface area contributed by atoms with Crippen LogP contribution in [0.5, 0.6) is 0 Å². The van der Waals surface area contributed by atoms with Crippen molar-refractivity contribution in [2.24, 2.45) is 0 Å². The average Bonchev–Trinajstić information content (AvgIpc) is 2.50. The number of nitrogens with one attached hydrogen (secondary N) is 1. The fraction of sp³-hybridized carbons (Fsp3) is 0.235. The Bertz CT molecular complexity index is 638. The lowest BCUT2D eigenvalue weighted by Gasteiger charge is -2.18. The first-order valence-corrected chi connectivity index (χ1v) is 7.74. The van der Waals surface area contributed by atoms with Gasteiger partial charge in [0.25, 0.3) is 0 Å². The lowest BCUT2D eigenvalue weighted by molar-refractivity contribution is -0.121. The van der Waals surface area contributed by atoms with E-state index >= 15 is 0 Å². The largest absolute Gasteiger partial charge is 0.349 e. The fourth-order valence-electron chi connectivity index (χ4n) is 2.22. The van der Waals surface area contributed by atoms with E-state index in [9.17, 15) is 9.18 Å². The second-order valence-electron chi connectivity index (χ2n) is 4.96. The molecule has 0 aliphatic rings. The zero-order valence-electron chi connectivity index (χ0n) is 12.1. The molecule has 0 heterocycles. The highest BCUT2D eigenvalue weighted by Gasteiger charge is 2.16. The van der Waals surface area contributed by atoms with Gasteiger partial charge in [0.05, 0.1) is 12.5 Å². The van der Waals surface area contributed by atoms with Gasteiger partial charge in [-0.1, -0.05) is 48.3 Å². The average molecular weight is 340 g/mol. The van der Waals surface area contributed by atoms with Crippen LogP contribution in [0, 0.1) is 5.82 Å². The van der Waals surface area contributed by atoms with Gasteiger partial charge in [0.15, 0.2) is 0 Å². The van der Waals surface area contributed by atoms with Crippen LogP contribution in [0.4, 0.5) is 4.39 Å². The summed E-state index contributed by atoms with van der Waals surface area (Å²) in [6.07, 6.45) is 0.633. The van der Waals surface area contributed by atoms with E-state index in [0.29, 0.717) is 5.02 Å². The predicted octanol–water partition coefficient (Wildman–Crippen LogP) is 4.94. The number of hydrogen-bond donors (Lipinski definition) is 1. The van der Waals surface area contributed by atoms with Crippen LogP contribution < -0.4 is 5.32 Å². The van der Waals surface area contributed by atoms with Crippen LogP contribution in [0.3, 0.4) is 0 Å². The number of benzene rings is 2. The van der Waals surface area contributed by atoms with E-state index in [-0.39, 0.29) is 29.0 Å². The van der Waals surface area contributed by atoms with E-state index in [4.69, 9.17) is 23.2 Å². The predicted molar refractivity (Wildman–Crippen MR) is 87.7 cm³/mol. The normalized spacial score (nSPS) is 12.0. The van der Waals surface area contributed by atoms with Gasteiger partial charge in [-0.25, -0.2) is 4.39 Å². The van der Waals surface area contributed by atoms with E-state index in [0.717, 1.165) is 12.0 Å². The molecule has 0 saturated carbocycles. The maximum atomic E-state index is 13.7. The SMILES string of the molecule is CCC(NC(=O)Cc1c(F)cccc1Cl)c1ccc(Cl)cc1. The van der Waals surface area contributed by atoms with Crippen LogP contribution in [0.2, 0.25) is 10.0 Å². The van der Waals surface area contributed by atoms with Gasteiger partial charge in [0, 0.05) is 15.6 Å². The molecular formula is C17H16Cl2FNO. The minimum atomic E-state index is -0.470. The summed E-state index contributed by atoms with van der Waals surface area (Å²) in [4.78, 5) is 12.2. The minimum Gasteiger partial charge on any atom is -0.349 e. The Morgan fingerprint density at radius 3 is 2.45 bits per heavy atom. The molecule has 0 saturated heterocycles. The van der Waals surface area contributed by atoms with E-state index < -0.39 is 5.82 Å². The highest BCUT2D eigenvalue weighted by Crippen LogP contribution is 2.22. The molecule has 2 nitrogen and oxygen atoms in total. The van der Waals surface area contributed by atoms with E-state index in [2.05, 4.69) is 5.32 Å². The van der Waals surface area contributed by atoms with Crippen molar-refractivity contribution in [3.8, 4) is 0 Å². The lowest BCUT2D eigenvalue weighted by Crippen LogP contribution is -2.29. The number of carbonyl (C=O) groups is 1. The molecule has 1 unspecified atom stereocenters. The number of halogens is 3. The Hall–Kier alpha value is -1.58. The van der Waals surface area contributed by atoms with E-state index in [1.165, 1.54) is 12.1 Å². The Morgan fingerprint density at radius 2 is 1.86 bits per heavy atom. The first kappa shape index (κ1) is 16.8. The van der Waals surface area contributed by atoms with Gasteiger partial charge >= 0.3 is 0 Å². The second-order valence-corrected chi connectivity index (χ2v) is 5.80. The maximum Gasteiger partial charge on any atom is 0.225 e. The molecule has 5 heteroatoms. The highest BCUT2D eigenvalue weighted by molar-refractivity contribution is 6.31. The van der Waals surface area contributed by atoms with Crippen molar-refractivity contribution < 1.29 is 9.18 Å². The zero-order chi connectivity index (χ0) is 16.1. The summed E-state index contributed by atoms with van der Waals surface area (Å²) >= 11 is 11.8. The van der Waals surface area contributed by atoms with Gasteiger partial charge < -0.3 is 5.32 Å². The van der Waals surface area contributed by atoms with Crippen LogP contribution in [0.15, 0.2) is 42.5 Å². The van der Waals surface area contributed by atoms with Crippen LogP contribution in [-0.4, -0.2) is 5.91 Å². The Balaban J connectivity index is 2.08. The van der Waals surface area contributed by atoms with Crippen molar-refractivity contribution in [3.05, 3.63) is 69.5 Å². The summed E-state index contributed by atoms with van der Waals surface area (Å²) in [5.41, 5.74) is 1.17. The number of hydrogen-bond acceptors (Lipinski definition) is 1. The molecule has 2 aromatic carbocycles. The summed E-state index contributed by atoms with van der Waals surface area (Å²) in [5, 5.41) is 3.80. The van der Waals surface area contributed by atoms with Crippen molar-refractivity contribution in [2.75, 3.05) is 0 Å². The standard InChI is InChI=1S/C17H16Cl2FNO/c1-2-16(11-6-8-12(18)9-7-11)21-17(22)10-13-14(19)4-3-5-15(13)20/h3-9,16H,2,10H2,1H3,(H,21,22). The summed E-state index contributed by atoms with van der Waals surface area (Å²) < 4.78 is 13.7. The van der Waals surface area contributed by atoms with Crippen molar-refractivity contribution in [2.45, 2.75) is 25.8 Å². The van der Waals surface area contributed by atoms with Gasteiger partial charge in [-0.2, -0.15) is 0 Å². The molecule has 0 aliphatic heterocycles. The van der Waals surface area contributed by atoms with Gasteiger partial charge in [-0.05, 0) is 36.2 Å². The van der Waals surface area contributed by atoms with Crippen LogP contribution in [-0.2, 0) is 11.2 Å². The quantitative estimate of drug-likeness (QED) is 0.820. The monoisotopic (exact) mass is 339 g/mol. The summed E-state index contributed by atoms with van der Waals surface area (Å²) in [6, 6.07) is 11.5. The third-order valence-electron chi connectivity index (χ3n) is 3.41. The Labute approximate surface area is 139 Å². The highest BCUT2D eigenvalue weighted by atomic mass is 35.5. The molecule has 0 aliphatic carbocycles. The minimum absolute atomic E-state index is 0.0877. The Kier molecular flexibility index (Phi) is 5.81. The summed E-state index contributed by atoms with van der Waals surface area (Å²) in [6.45, 7) is 1.97. The van der Waals surface area contributed by atoms with Crippen LogP contribution >= 0.6 is 23.2 Å². The summed E-state index contributed by atoms with van der Waals surface area (Å²) in [5.74, 6) is -0.740. The molecular weight excluding hydrogens is 324 g/mol. The summed E-state index contributed by atoms with van der Waals surface area (Å²) in [7, 11) is 0. The molecule has 1 atom stereocenters. The molecule has 1 amide bonds. The van der Waals surface area contributed by atoms with Gasteiger partial charge in [0.2, 0.25) is 5.91 Å². The van der Waals surface area contributed by atoms with Crippen LogP contribution in [0.25, 0.3) is 0 Å². The van der Waals surface area contributed by atoms with Crippen molar-refractivity contribution in [3.63, 3.8) is 0 Å². The van der Waals surface area contributed by atoms with Crippen LogP contribution in [0.1, 0.15) is 30.5 Å². The van der Waals surface area contributed by atoms with Crippen molar-refractivity contribution in [1.82, 2.24) is 5.32 Å². The maximum absolute atomic E-state index is 13.7. The molecule has 22 heavy (non-hydrogen) atoms. The molecule has 1 N–H and O–H groups in total. The number of amides is 1. The third-order valence-corrected chi connectivity index (χ3v) is 4.02. The molecule has 116 valence electrons. The second kappa shape index (κ2) is 7.61. The Morgan fingerprint density at radius 1 is 1.18 bits per heavy atom. The number of rotatable bonds is 5. The topological polar surface area (TPSA) is 29.1 Å². The molecule has 0 aromatic heterocycles. The van der Waals surface area contributed by atoms with E-state index in [1.54, 1.807) is 18.2 Å². The van der Waals surface area contributed by atoms with Gasteiger partial charge in [-0.3, -0.25) is 4.79 Å². The molecule has 0 spiro atoms. The third kappa shape index (κ3) is 4.21. The fourth-order valence-corrected chi connectivity index (χ4v) is 2.58. The first-order chi connectivity index (χ1) is 10.5. The lowest BCUT2D eigenvalue weighted by atomic mass is 10.0. The van der Waals surface area contributed by atoms with Crippen molar-refractivity contribution in [1.29, 1.82) is 0 Å². The number of carbonyl (C=O) groups excluding carboxylic acids is 1. The molecule has 2 rings (SSSR count). The smallest absolute Gasteiger partial charge is 0.225 e. The molecule has 0 bridgehead atoms. The molecule has 0 radical (unpaired) electrons. The van der Waals surface area contributed by atoms with E-state index in [1.807, 2.05) is 19.1 Å². The zero-order valence-corrected chi connectivity index (χ0v) is 13.6. The van der Waals surface area contributed by atoms with Gasteiger partial charge in [0.1, 0.15) is 5.82 Å². The molecule has 0 fully saturated rings. The van der Waals surface area contributed by atoms with Crippen molar-refractivity contribution >= 4 is 29.1 Å².